The summed E-state index contributed by atoms with van der Waals surface area (Å²) in [7, 11) is 0. The molecule has 3 heterocycles. The molecular formula is C27H30FN5S. The van der Waals surface area contributed by atoms with Gasteiger partial charge in [-0.05, 0) is 80.6 Å². The standard InChI is InChI=1S/C27H30FN5S/c1-19-5-8-21(9-6-19)34-33-24-10-7-20(28)17-22(24)23-18-32(16-13-25(23)33)27(30)12-11-26(29)31-14-3-2-4-15-31/h5-12,17,29-30H,2-4,13-16,18H2,1H3/b12-11-,29-26?,30-27?. The zero-order chi connectivity index (χ0) is 23.7. The maximum absolute atomic E-state index is 14.2. The maximum Gasteiger partial charge on any atom is 0.123 e. The van der Waals surface area contributed by atoms with Crippen LogP contribution in [0, 0.1) is 23.6 Å². The van der Waals surface area contributed by atoms with Gasteiger partial charge in [-0.1, -0.05) is 17.7 Å². The number of rotatable bonds is 4. The Kier molecular flexibility index (Phi) is 6.46. The monoisotopic (exact) mass is 475 g/mol. The number of hydrogen-bond acceptors (Lipinski definition) is 3. The highest BCUT2D eigenvalue weighted by molar-refractivity contribution is 7.98. The Morgan fingerprint density at radius 3 is 2.35 bits per heavy atom. The third kappa shape index (κ3) is 4.62. The highest BCUT2D eigenvalue weighted by Gasteiger charge is 2.26. The first-order valence-electron chi connectivity index (χ1n) is 11.9. The van der Waals surface area contributed by atoms with Crippen molar-refractivity contribution in [2.24, 2.45) is 0 Å². The number of hydrogen-bond donors (Lipinski definition) is 2. The molecule has 5 nitrogen and oxygen atoms in total. The molecule has 0 aliphatic carbocycles. The molecule has 1 fully saturated rings. The molecule has 0 amide bonds. The van der Waals surface area contributed by atoms with Crippen molar-refractivity contribution in [2.75, 3.05) is 19.6 Å². The number of aromatic nitrogens is 1. The van der Waals surface area contributed by atoms with Crippen molar-refractivity contribution >= 4 is 34.5 Å². The van der Waals surface area contributed by atoms with Crippen LogP contribution in [-0.2, 0) is 13.0 Å². The summed E-state index contributed by atoms with van der Waals surface area (Å²) in [6.07, 6.45) is 7.76. The lowest BCUT2D eigenvalue weighted by Gasteiger charge is -2.30. The molecule has 2 aromatic carbocycles. The number of aryl methyl sites for hydroxylation is 1. The number of amidine groups is 2. The SMILES string of the molecule is Cc1ccc(Sn2c3c(c4cc(F)ccc42)CN(C(=N)/C=C\C(=N)N2CCCCC2)CC3)cc1. The van der Waals surface area contributed by atoms with Crippen molar-refractivity contribution < 1.29 is 4.39 Å². The highest BCUT2D eigenvalue weighted by atomic mass is 32.2. The van der Waals surface area contributed by atoms with E-state index in [1.807, 2.05) is 11.0 Å². The van der Waals surface area contributed by atoms with Crippen molar-refractivity contribution in [3.8, 4) is 0 Å². The van der Waals surface area contributed by atoms with Gasteiger partial charge in [-0.3, -0.25) is 14.8 Å². The van der Waals surface area contributed by atoms with Crippen LogP contribution in [0.3, 0.4) is 0 Å². The van der Waals surface area contributed by atoms with E-state index in [1.54, 1.807) is 30.2 Å². The molecule has 1 aromatic heterocycles. The average Bonchev–Trinajstić information content (AvgIpc) is 3.16. The molecule has 176 valence electrons. The van der Waals surface area contributed by atoms with Crippen LogP contribution in [0.5, 0.6) is 0 Å². The number of nitrogens with one attached hydrogen (secondary N) is 2. The van der Waals surface area contributed by atoms with Crippen molar-refractivity contribution in [1.82, 2.24) is 13.8 Å². The molecule has 5 rings (SSSR count). The van der Waals surface area contributed by atoms with Crippen LogP contribution in [-0.4, -0.2) is 45.1 Å². The van der Waals surface area contributed by atoms with E-state index < -0.39 is 0 Å². The summed E-state index contributed by atoms with van der Waals surface area (Å²) in [5, 5.41) is 17.9. The Morgan fingerprint density at radius 2 is 1.62 bits per heavy atom. The first-order valence-corrected chi connectivity index (χ1v) is 12.7. The summed E-state index contributed by atoms with van der Waals surface area (Å²) >= 11 is 1.67. The van der Waals surface area contributed by atoms with E-state index in [0.29, 0.717) is 18.2 Å². The second-order valence-corrected chi connectivity index (χ2v) is 10.1. The molecule has 0 unspecified atom stereocenters. The van der Waals surface area contributed by atoms with E-state index in [0.717, 1.165) is 60.3 Å². The molecule has 0 atom stereocenters. The number of fused-ring (bicyclic) bond motifs is 3. The summed E-state index contributed by atoms with van der Waals surface area (Å²) in [6, 6.07) is 13.5. The van der Waals surface area contributed by atoms with E-state index in [1.165, 1.54) is 23.7 Å². The molecular weight excluding hydrogens is 445 g/mol. The quantitative estimate of drug-likeness (QED) is 0.359. The largest absolute Gasteiger partial charge is 0.357 e. The Morgan fingerprint density at radius 1 is 0.912 bits per heavy atom. The second kappa shape index (κ2) is 9.66. The number of nitrogens with zero attached hydrogens (tertiary/aromatic N) is 3. The van der Waals surface area contributed by atoms with Crippen LogP contribution < -0.4 is 0 Å². The number of halogens is 1. The molecule has 0 radical (unpaired) electrons. The van der Waals surface area contributed by atoms with Gasteiger partial charge in [-0.25, -0.2) is 4.39 Å². The van der Waals surface area contributed by atoms with Crippen molar-refractivity contribution in [3.63, 3.8) is 0 Å². The molecule has 34 heavy (non-hydrogen) atoms. The molecule has 2 aliphatic rings. The first-order chi connectivity index (χ1) is 16.5. The maximum atomic E-state index is 14.2. The summed E-state index contributed by atoms with van der Waals surface area (Å²) in [6.45, 7) is 5.22. The van der Waals surface area contributed by atoms with Crippen LogP contribution in [0.2, 0.25) is 0 Å². The Balaban J connectivity index is 1.39. The zero-order valence-corrected chi connectivity index (χ0v) is 20.3. The Hall–Kier alpha value is -3.06. The molecule has 0 bridgehead atoms. The molecule has 7 heteroatoms. The van der Waals surface area contributed by atoms with Gasteiger partial charge >= 0.3 is 0 Å². The zero-order valence-electron chi connectivity index (χ0n) is 19.5. The molecule has 3 aromatic rings. The van der Waals surface area contributed by atoms with Crippen molar-refractivity contribution in [1.29, 1.82) is 10.8 Å². The number of piperidine rings is 1. The minimum atomic E-state index is -0.241. The molecule has 1 saturated heterocycles. The van der Waals surface area contributed by atoms with Crippen molar-refractivity contribution in [3.05, 3.63) is 77.3 Å². The van der Waals surface area contributed by atoms with Gasteiger partial charge in [0.2, 0.25) is 0 Å². The second-order valence-electron chi connectivity index (χ2n) is 9.11. The normalized spacial score (nSPS) is 16.3. The van der Waals surface area contributed by atoms with E-state index in [9.17, 15) is 4.39 Å². The van der Waals surface area contributed by atoms with Crippen LogP contribution in [0.15, 0.2) is 59.5 Å². The van der Waals surface area contributed by atoms with Gasteiger partial charge in [0.25, 0.3) is 0 Å². The number of benzene rings is 2. The van der Waals surface area contributed by atoms with Crippen LogP contribution >= 0.6 is 11.9 Å². The van der Waals surface area contributed by atoms with Gasteiger partial charge in [0, 0.05) is 54.1 Å². The van der Waals surface area contributed by atoms with Gasteiger partial charge in [-0.2, -0.15) is 0 Å². The van der Waals surface area contributed by atoms with Gasteiger partial charge < -0.3 is 9.80 Å². The van der Waals surface area contributed by atoms with Crippen LogP contribution in [0.25, 0.3) is 10.9 Å². The minimum absolute atomic E-state index is 0.241. The molecule has 2 N–H and O–H groups in total. The fraction of sp³-hybridized carbons (Fsp3) is 0.333. The van der Waals surface area contributed by atoms with Gasteiger partial charge in [0.15, 0.2) is 0 Å². The molecule has 0 spiro atoms. The number of likely N-dealkylation sites (tertiary alicyclic amines) is 1. The summed E-state index contributed by atoms with van der Waals surface area (Å²) in [5.74, 6) is 0.640. The third-order valence-electron chi connectivity index (χ3n) is 6.72. The Bertz CT molecular complexity index is 1250. The van der Waals surface area contributed by atoms with E-state index >= 15 is 0 Å². The molecule has 0 saturated carbocycles. The van der Waals surface area contributed by atoms with E-state index in [-0.39, 0.29) is 5.82 Å². The predicted octanol–water partition coefficient (Wildman–Crippen LogP) is 6.00. The van der Waals surface area contributed by atoms with Gasteiger partial charge in [0.05, 0.1) is 5.52 Å². The fourth-order valence-corrected chi connectivity index (χ4v) is 5.85. The lowest BCUT2D eigenvalue weighted by Crippen LogP contribution is -2.36. The smallest absolute Gasteiger partial charge is 0.123 e. The van der Waals surface area contributed by atoms with Gasteiger partial charge in [0.1, 0.15) is 17.5 Å². The van der Waals surface area contributed by atoms with Crippen LogP contribution in [0.1, 0.15) is 36.1 Å². The van der Waals surface area contributed by atoms with Crippen molar-refractivity contribution in [2.45, 2.75) is 44.0 Å². The third-order valence-corrected chi connectivity index (χ3v) is 7.80. The highest BCUT2D eigenvalue weighted by Crippen LogP contribution is 2.37. The molecule has 2 aliphatic heterocycles. The topological polar surface area (TPSA) is 59.1 Å². The predicted molar refractivity (Wildman–Crippen MR) is 138 cm³/mol. The summed E-state index contributed by atoms with van der Waals surface area (Å²) in [4.78, 5) is 5.25. The summed E-state index contributed by atoms with van der Waals surface area (Å²) < 4.78 is 16.5. The van der Waals surface area contributed by atoms with E-state index in [2.05, 4.69) is 40.1 Å². The van der Waals surface area contributed by atoms with Crippen LogP contribution in [0.4, 0.5) is 4.39 Å². The fourth-order valence-electron chi connectivity index (χ4n) is 4.81. The minimum Gasteiger partial charge on any atom is -0.357 e. The first kappa shape index (κ1) is 22.7. The van der Waals surface area contributed by atoms with Gasteiger partial charge in [-0.15, -0.1) is 0 Å². The lowest BCUT2D eigenvalue weighted by atomic mass is 10.0. The summed E-state index contributed by atoms with van der Waals surface area (Å²) in [5.41, 5.74) is 4.51. The average molecular weight is 476 g/mol. The lowest BCUT2D eigenvalue weighted by molar-refractivity contribution is 0.342. The Labute approximate surface area is 204 Å². The van der Waals surface area contributed by atoms with E-state index in [4.69, 9.17) is 10.8 Å².